The van der Waals surface area contributed by atoms with Gasteiger partial charge in [0.15, 0.2) is 0 Å². The van der Waals surface area contributed by atoms with Crippen LogP contribution in [0.2, 0.25) is 0 Å². The highest BCUT2D eigenvalue weighted by molar-refractivity contribution is 7.98. The molecule has 1 heterocycles. The second-order valence-electron chi connectivity index (χ2n) is 6.11. The topological polar surface area (TPSA) is 35.6 Å². The third-order valence-electron chi connectivity index (χ3n) is 3.99. The average Bonchev–Trinajstić information content (AvgIpc) is 2.50. The van der Waals surface area contributed by atoms with Crippen molar-refractivity contribution >= 4 is 17.7 Å². The molecule has 1 aromatic rings. The number of nitrogens with zero attached hydrogens (tertiary/aromatic N) is 2. The van der Waals surface area contributed by atoms with E-state index in [4.69, 9.17) is 0 Å². The molecule has 5 heteroatoms. The van der Waals surface area contributed by atoms with E-state index in [9.17, 15) is 4.79 Å². The van der Waals surface area contributed by atoms with Crippen LogP contribution in [0.3, 0.4) is 0 Å². The predicted molar refractivity (Wildman–Crippen MR) is 94.5 cm³/mol. The van der Waals surface area contributed by atoms with Crippen LogP contribution in [0.5, 0.6) is 0 Å². The molecule has 0 bridgehead atoms. The first-order valence-corrected chi connectivity index (χ1v) is 9.27. The lowest BCUT2D eigenvalue weighted by Crippen LogP contribution is -2.43. The van der Waals surface area contributed by atoms with Gasteiger partial charge in [-0.3, -0.25) is 9.69 Å². The second-order valence-corrected chi connectivity index (χ2v) is 7.02. The molecule has 1 amide bonds. The summed E-state index contributed by atoms with van der Waals surface area (Å²) in [4.78, 5) is 17.1. The Bertz CT molecular complexity index is 487. The lowest BCUT2D eigenvalue weighted by Gasteiger charge is -2.32. The maximum absolute atomic E-state index is 12.3. The molecule has 0 radical (unpaired) electrons. The highest BCUT2D eigenvalue weighted by Crippen LogP contribution is 2.11. The fourth-order valence-electron chi connectivity index (χ4n) is 2.67. The molecule has 1 saturated heterocycles. The Labute approximate surface area is 138 Å². The van der Waals surface area contributed by atoms with E-state index in [2.05, 4.69) is 34.5 Å². The summed E-state index contributed by atoms with van der Waals surface area (Å²) < 4.78 is 0. The van der Waals surface area contributed by atoms with E-state index >= 15 is 0 Å². The molecule has 1 aliphatic heterocycles. The summed E-state index contributed by atoms with van der Waals surface area (Å²) in [6.07, 6.45) is 2.05. The van der Waals surface area contributed by atoms with Crippen molar-refractivity contribution in [3.05, 3.63) is 35.4 Å². The molecule has 1 unspecified atom stereocenters. The number of thioether (sulfide) groups is 1. The molecule has 0 aromatic heterocycles. The van der Waals surface area contributed by atoms with Crippen LogP contribution in [0.15, 0.2) is 24.3 Å². The highest BCUT2D eigenvalue weighted by Gasteiger charge is 2.15. The number of carbonyl (C=O) groups is 1. The summed E-state index contributed by atoms with van der Waals surface area (Å²) in [7, 11) is 2.16. The van der Waals surface area contributed by atoms with Gasteiger partial charge in [0.2, 0.25) is 0 Å². The zero-order valence-electron chi connectivity index (χ0n) is 13.8. The number of carbonyl (C=O) groups excluding carboxylic acids is 1. The third kappa shape index (κ3) is 5.30. The summed E-state index contributed by atoms with van der Waals surface area (Å²) >= 11 is 1.75. The molecule has 22 heavy (non-hydrogen) atoms. The van der Waals surface area contributed by atoms with E-state index in [0.717, 1.165) is 44.0 Å². The van der Waals surface area contributed by atoms with E-state index in [1.165, 1.54) is 5.56 Å². The Balaban J connectivity index is 1.93. The Morgan fingerprint density at radius 2 is 2.05 bits per heavy atom. The number of benzene rings is 1. The van der Waals surface area contributed by atoms with Gasteiger partial charge in [-0.25, -0.2) is 0 Å². The van der Waals surface area contributed by atoms with Crippen LogP contribution in [0.4, 0.5) is 0 Å². The van der Waals surface area contributed by atoms with Crippen LogP contribution in [0.1, 0.15) is 22.8 Å². The molecule has 2 rings (SSSR count). The monoisotopic (exact) mass is 321 g/mol. The molecule has 0 aliphatic carbocycles. The van der Waals surface area contributed by atoms with E-state index < -0.39 is 0 Å². The molecule has 122 valence electrons. The van der Waals surface area contributed by atoms with Crippen molar-refractivity contribution in [1.82, 2.24) is 15.1 Å². The molecule has 1 N–H and O–H groups in total. The van der Waals surface area contributed by atoms with E-state index in [0.29, 0.717) is 0 Å². The number of hydrogen-bond donors (Lipinski definition) is 1. The van der Waals surface area contributed by atoms with Crippen molar-refractivity contribution in [1.29, 1.82) is 0 Å². The molecular weight excluding hydrogens is 294 g/mol. The van der Waals surface area contributed by atoms with E-state index in [1.54, 1.807) is 11.8 Å². The smallest absolute Gasteiger partial charge is 0.251 e. The van der Waals surface area contributed by atoms with Crippen LogP contribution in [0, 0.1) is 0 Å². The van der Waals surface area contributed by atoms with Crippen molar-refractivity contribution in [2.45, 2.75) is 19.5 Å². The Morgan fingerprint density at radius 1 is 1.32 bits per heavy atom. The van der Waals surface area contributed by atoms with E-state index in [1.807, 2.05) is 25.1 Å². The van der Waals surface area contributed by atoms with Crippen molar-refractivity contribution in [3.63, 3.8) is 0 Å². The summed E-state index contributed by atoms with van der Waals surface area (Å²) in [6.45, 7) is 7.39. The molecule has 1 fully saturated rings. The zero-order valence-corrected chi connectivity index (χ0v) is 14.7. The largest absolute Gasteiger partial charge is 0.349 e. The molecule has 1 atom stereocenters. The lowest BCUT2D eigenvalue weighted by molar-refractivity contribution is 0.0943. The van der Waals surface area contributed by atoms with Gasteiger partial charge in [0.05, 0.1) is 0 Å². The minimum atomic E-state index is 0.0294. The maximum atomic E-state index is 12.3. The maximum Gasteiger partial charge on any atom is 0.251 e. The van der Waals surface area contributed by atoms with Crippen LogP contribution >= 0.6 is 11.8 Å². The number of rotatable bonds is 6. The third-order valence-corrected chi connectivity index (χ3v) is 4.82. The van der Waals surface area contributed by atoms with Crippen molar-refractivity contribution in [3.8, 4) is 0 Å². The SMILES string of the molecule is CSCC(C)NC(=O)c1cccc(CN2CCN(C)CC2)c1. The predicted octanol–water partition coefficient (Wildman–Crippen LogP) is 1.92. The molecular formula is C17H27N3OS. The Morgan fingerprint density at radius 3 is 2.73 bits per heavy atom. The molecule has 0 spiro atoms. The minimum Gasteiger partial charge on any atom is -0.349 e. The van der Waals surface area contributed by atoms with Crippen molar-refractivity contribution in [2.75, 3.05) is 45.2 Å². The first-order chi connectivity index (χ1) is 10.6. The highest BCUT2D eigenvalue weighted by atomic mass is 32.2. The lowest BCUT2D eigenvalue weighted by atomic mass is 10.1. The number of hydrogen-bond acceptors (Lipinski definition) is 4. The Hall–Kier alpha value is -1.04. The van der Waals surface area contributed by atoms with Gasteiger partial charge in [0.1, 0.15) is 0 Å². The van der Waals surface area contributed by atoms with Gasteiger partial charge in [-0.15, -0.1) is 0 Å². The first kappa shape index (κ1) is 17.3. The summed E-state index contributed by atoms with van der Waals surface area (Å²) in [5.41, 5.74) is 1.98. The molecule has 0 saturated carbocycles. The van der Waals surface area contributed by atoms with Crippen LogP contribution in [0.25, 0.3) is 0 Å². The van der Waals surface area contributed by atoms with Gasteiger partial charge < -0.3 is 10.2 Å². The normalized spacial score (nSPS) is 18.1. The first-order valence-electron chi connectivity index (χ1n) is 7.88. The van der Waals surface area contributed by atoms with Gasteiger partial charge in [-0.1, -0.05) is 12.1 Å². The van der Waals surface area contributed by atoms with Crippen molar-refractivity contribution < 1.29 is 4.79 Å². The summed E-state index contributed by atoms with van der Waals surface area (Å²) in [6, 6.07) is 8.22. The van der Waals surface area contributed by atoms with Gasteiger partial charge >= 0.3 is 0 Å². The van der Waals surface area contributed by atoms with Gasteiger partial charge in [0, 0.05) is 50.1 Å². The molecule has 1 aliphatic rings. The summed E-state index contributed by atoms with van der Waals surface area (Å²) in [5, 5.41) is 3.05. The summed E-state index contributed by atoms with van der Waals surface area (Å²) in [5.74, 6) is 0.967. The molecule has 4 nitrogen and oxygen atoms in total. The zero-order chi connectivity index (χ0) is 15.9. The van der Waals surface area contributed by atoms with Crippen LogP contribution in [-0.2, 0) is 6.54 Å². The quantitative estimate of drug-likeness (QED) is 0.868. The average molecular weight is 321 g/mol. The number of nitrogens with one attached hydrogen (secondary N) is 1. The molecule has 1 aromatic carbocycles. The standard InChI is InChI=1S/C17H27N3OS/c1-14(13-22-3)18-17(21)16-6-4-5-15(11-16)12-20-9-7-19(2)8-10-20/h4-6,11,14H,7-10,12-13H2,1-3H3,(H,18,21). The van der Waals surface area contributed by atoms with E-state index in [-0.39, 0.29) is 11.9 Å². The number of amides is 1. The number of piperazine rings is 1. The van der Waals surface area contributed by atoms with Crippen LogP contribution in [-0.4, -0.2) is 67.0 Å². The van der Waals surface area contributed by atoms with Gasteiger partial charge in [0.25, 0.3) is 5.91 Å². The minimum absolute atomic E-state index is 0.0294. The van der Waals surface area contributed by atoms with Gasteiger partial charge in [-0.05, 0) is 37.9 Å². The fraction of sp³-hybridized carbons (Fsp3) is 0.588. The second kappa shape index (κ2) is 8.56. The van der Waals surface area contributed by atoms with Gasteiger partial charge in [-0.2, -0.15) is 11.8 Å². The number of likely N-dealkylation sites (N-methyl/N-ethyl adjacent to an activating group) is 1. The van der Waals surface area contributed by atoms with Crippen LogP contribution < -0.4 is 5.32 Å². The Kier molecular flexibility index (Phi) is 6.73. The fourth-order valence-corrected chi connectivity index (χ4v) is 3.26. The van der Waals surface area contributed by atoms with Crippen molar-refractivity contribution in [2.24, 2.45) is 0 Å².